The fourth-order valence-electron chi connectivity index (χ4n) is 3.00. The Bertz CT molecular complexity index is 377. The quantitative estimate of drug-likeness (QED) is 0.805. The Kier molecular flexibility index (Phi) is 5.22. The van der Waals surface area contributed by atoms with Crippen molar-refractivity contribution < 1.29 is 8.42 Å². The number of piperidine rings is 1. The molecule has 6 heteroatoms. The summed E-state index contributed by atoms with van der Waals surface area (Å²) in [5.41, 5.74) is 5.91. The highest BCUT2D eigenvalue weighted by atomic mass is 32.2. The van der Waals surface area contributed by atoms with Crippen LogP contribution in [0.4, 0.5) is 0 Å². The Morgan fingerprint density at radius 2 is 1.84 bits per heavy atom. The van der Waals surface area contributed by atoms with Gasteiger partial charge in [0.05, 0.1) is 5.75 Å². The topological polar surface area (TPSA) is 66.6 Å². The lowest BCUT2D eigenvalue weighted by Gasteiger charge is -2.34. The average Bonchev–Trinajstić information content (AvgIpc) is 2.88. The first kappa shape index (κ1) is 15.2. The van der Waals surface area contributed by atoms with Gasteiger partial charge in [-0.25, -0.2) is 12.7 Å². The fraction of sp³-hybridized carbons (Fsp3) is 1.00. The Balaban J connectivity index is 1.86. The van der Waals surface area contributed by atoms with E-state index in [1.165, 1.54) is 0 Å². The Morgan fingerprint density at radius 3 is 2.47 bits per heavy atom. The maximum atomic E-state index is 12.2. The van der Waals surface area contributed by atoms with E-state index < -0.39 is 10.0 Å². The van der Waals surface area contributed by atoms with Crippen LogP contribution in [-0.4, -0.2) is 61.6 Å². The highest BCUT2D eigenvalue weighted by molar-refractivity contribution is 7.89. The highest BCUT2D eigenvalue weighted by Crippen LogP contribution is 2.22. The van der Waals surface area contributed by atoms with E-state index in [4.69, 9.17) is 5.73 Å². The van der Waals surface area contributed by atoms with Crippen LogP contribution in [0.15, 0.2) is 0 Å². The molecule has 2 rings (SSSR count). The van der Waals surface area contributed by atoms with Gasteiger partial charge in [-0.2, -0.15) is 0 Å². The van der Waals surface area contributed by atoms with Gasteiger partial charge in [0.25, 0.3) is 0 Å². The van der Waals surface area contributed by atoms with E-state index in [1.807, 2.05) is 6.92 Å². The molecule has 2 saturated heterocycles. The van der Waals surface area contributed by atoms with Gasteiger partial charge in [0, 0.05) is 25.2 Å². The summed E-state index contributed by atoms with van der Waals surface area (Å²) in [6, 6.07) is 0.742. The molecule has 2 aliphatic heterocycles. The van der Waals surface area contributed by atoms with E-state index in [0.29, 0.717) is 30.9 Å². The van der Waals surface area contributed by atoms with Gasteiger partial charge < -0.3 is 5.73 Å². The molecule has 2 heterocycles. The van der Waals surface area contributed by atoms with Gasteiger partial charge >= 0.3 is 0 Å². The van der Waals surface area contributed by atoms with Crippen molar-refractivity contribution in [3.63, 3.8) is 0 Å². The van der Waals surface area contributed by atoms with Gasteiger partial charge in [0.15, 0.2) is 0 Å². The second-order valence-corrected chi connectivity index (χ2v) is 7.93. The van der Waals surface area contributed by atoms with Gasteiger partial charge in [0.2, 0.25) is 10.0 Å². The number of sulfonamides is 1. The van der Waals surface area contributed by atoms with Crippen molar-refractivity contribution in [2.75, 3.05) is 31.9 Å². The molecule has 0 aromatic heterocycles. The van der Waals surface area contributed by atoms with Gasteiger partial charge in [-0.1, -0.05) is 13.3 Å². The second-order valence-electron chi connectivity index (χ2n) is 5.84. The van der Waals surface area contributed by atoms with Crippen LogP contribution in [0.3, 0.4) is 0 Å². The maximum absolute atomic E-state index is 12.2. The molecule has 0 amide bonds. The van der Waals surface area contributed by atoms with Crippen LogP contribution >= 0.6 is 0 Å². The summed E-state index contributed by atoms with van der Waals surface area (Å²) in [5.74, 6) is 0.307. The highest BCUT2D eigenvalue weighted by Gasteiger charge is 2.34. The maximum Gasteiger partial charge on any atom is 0.214 e. The zero-order valence-electron chi connectivity index (χ0n) is 11.9. The Morgan fingerprint density at radius 1 is 1.16 bits per heavy atom. The summed E-state index contributed by atoms with van der Waals surface area (Å²) < 4.78 is 26.0. The molecule has 1 unspecified atom stereocenters. The van der Waals surface area contributed by atoms with Crippen molar-refractivity contribution in [3.05, 3.63) is 0 Å². The molecule has 0 radical (unpaired) electrons. The molecule has 0 aromatic carbocycles. The van der Waals surface area contributed by atoms with Crippen LogP contribution in [0.25, 0.3) is 0 Å². The number of hydrogen-bond donors (Lipinski definition) is 1. The molecule has 5 nitrogen and oxygen atoms in total. The molecule has 2 fully saturated rings. The SMILES string of the molecule is CCCCS(=O)(=O)N1CCC(N2CCC(N)CC2)C1. The number of likely N-dealkylation sites (tertiary alicyclic amines) is 1. The average molecular weight is 289 g/mol. The molecule has 0 aliphatic carbocycles. The minimum atomic E-state index is -3.02. The number of nitrogens with two attached hydrogens (primary N) is 1. The normalized spacial score (nSPS) is 28.0. The van der Waals surface area contributed by atoms with E-state index in [-0.39, 0.29) is 0 Å². The smallest absolute Gasteiger partial charge is 0.214 e. The van der Waals surface area contributed by atoms with E-state index >= 15 is 0 Å². The third kappa shape index (κ3) is 3.90. The van der Waals surface area contributed by atoms with E-state index in [9.17, 15) is 8.42 Å². The third-order valence-corrected chi connectivity index (χ3v) is 6.29. The molecule has 19 heavy (non-hydrogen) atoms. The van der Waals surface area contributed by atoms with Gasteiger partial charge in [-0.3, -0.25) is 4.90 Å². The number of nitrogens with zero attached hydrogens (tertiary/aromatic N) is 2. The summed E-state index contributed by atoms with van der Waals surface area (Å²) in [4.78, 5) is 2.43. The van der Waals surface area contributed by atoms with Crippen molar-refractivity contribution >= 4 is 10.0 Å². The van der Waals surface area contributed by atoms with Crippen molar-refractivity contribution in [3.8, 4) is 0 Å². The molecule has 1 atom stereocenters. The monoisotopic (exact) mass is 289 g/mol. The van der Waals surface area contributed by atoms with Gasteiger partial charge in [0.1, 0.15) is 0 Å². The summed E-state index contributed by atoms with van der Waals surface area (Å²) in [6.45, 7) is 5.45. The van der Waals surface area contributed by atoms with E-state index in [0.717, 1.165) is 45.2 Å². The zero-order valence-corrected chi connectivity index (χ0v) is 12.7. The van der Waals surface area contributed by atoms with E-state index in [1.54, 1.807) is 4.31 Å². The number of hydrogen-bond acceptors (Lipinski definition) is 4. The molecule has 2 N–H and O–H groups in total. The lowest BCUT2D eigenvalue weighted by Crippen LogP contribution is -2.46. The van der Waals surface area contributed by atoms with Crippen LogP contribution in [0.1, 0.15) is 39.0 Å². The second kappa shape index (κ2) is 6.52. The van der Waals surface area contributed by atoms with Crippen LogP contribution in [0, 0.1) is 0 Å². The molecule has 0 bridgehead atoms. The lowest BCUT2D eigenvalue weighted by molar-refractivity contribution is 0.159. The van der Waals surface area contributed by atoms with Crippen molar-refractivity contribution in [1.29, 1.82) is 0 Å². The van der Waals surface area contributed by atoms with Crippen molar-refractivity contribution in [2.24, 2.45) is 5.73 Å². The third-order valence-electron chi connectivity index (χ3n) is 4.37. The van der Waals surface area contributed by atoms with Crippen LogP contribution in [0.2, 0.25) is 0 Å². The van der Waals surface area contributed by atoms with Crippen molar-refractivity contribution in [2.45, 2.75) is 51.1 Å². The van der Waals surface area contributed by atoms with Gasteiger partial charge in [-0.15, -0.1) is 0 Å². The van der Waals surface area contributed by atoms with Crippen molar-refractivity contribution in [1.82, 2.24) is 9.21 Å². The standard InChI is InChI=1S/C13H27N3O2S/c1-2-3-10-19(17,18)16-9-6-13(11-16)15-7-4-12(14)5-8-15/h12-13H,2-11,14H2,1H3. The molecule has 112 valence electrons. The summed E-state index contributed by atoms with van der Waals surface area (Å²) in [6.07, 6.45) is 4.75. The summed E-state index contributed by atoms with van der Waals surface area (Å²) in [5, 5.41) is 0. The lowest BCUT2D eigenvalue weighted by atomic mass is 10.0. The first-order valence-corrected chi connectivity index (χ1v) is 9.11. The van der Waals surface area contributed by atoms with Crippen LogP contribution < -0.4 is 5.73 Å². The zero-order chi connectivity index (χ0) is 13.9. The molecular weight excluding hydrogens is 262 g/mol. The Hall–Kier alpha value is -0.170. The molecular formula is C13H27N3O2S. The first-order chi connectivity index (χ1) is 9.03. The predicted molar refractivity (Wildman–Crippen MR) is 77.5 cm³/mol. The first-order valence-electron chi connectivity index (χ1n) is 7.50. The van der Waals surface area contributed by atoms with Crippen LogP contribution in [0.5, 0.6) is 0 Å². The van der Waals surface area contributed by atoms with Gasteiger partial charge in [-0.05, 0) is 38.8 Å². The number of rotatable bonds is 5. The molecule has 2 aliphatic rings. The fourth-order valence-corrected chi connectivity index (χ4v) is 4.70. The minimum Gasteiger partial charge on any atom is -0.328 e. The summed E-state index contributed by atoms with van der Waals surface area (Å²) >= 11 is 0. The minimum absolute atomic E-state index is 0.307. The van der Waals surface area contributed by atoms with Crippen LogP contribution in [-0.2, 0) is 10.0 Å². The van der Waals surface area contributed by atoms with E-state index in [2.05, 4.69) is 4.90 Å². The summed E-state index contributed by atoms with van der Waals surface area (Å²) in [7, 11) is -3.02. The molecule has 0 aromatic rings. The number of unbranched alkanes of at least 4 members (excludes halogenated alkanes) is 1. The molecule has 0 saturated carbocycles. The largest absolute Gasteiger partial charge is 0.328 e. The predicted octanol–water partition coefficient (Wildman–Crippen LogP) is 0.614. The Labute approximate surface area is 117 Å². The molecule has 0 spiro atoms.